The third kappa shape index (κ3) is 4.93. The first-order valence-electron chi connectivity index (χ1n) is 13.1. The number of fused-ring (bicyclic) bond motifs is 1. The van der Waals surface area contributed by atoms with Gasteiger partial charge in [-0.05, 0) is 54.8 Å². The molecule has 2 aromatic heterocycles. The van der Waals surface area contributed by atoms with Gasteiger partial charge >= 0.3 is 5.69 Å². The van der Waals surface area contributed by atoms with Gasteiger partial charge in [-0.2, -0.15) is 4.98 Å². The van der Waals surface area contributed by atoms with Gasteiger partial charge < -0.3 is 15.5 Å². The molecule has 206 valence electrons. The number of nitrogens with zero attached hydrogens (tertiary/aromatic N) is 5. The van der Waals surface area contributed by atoms with Crippen LogP contribution in [0.25, 0.3) is 28.0 Å². The Hall–Kier alpha value is -3.88. The fraction of sp³-hybridized carbons (Fsp3) is 0.267. The summed E-state index contributed by atoms with van der Waals surface area (Å²) < 4.78 is 1.54. The number of pyridine rings is 1. The highest BCUT2D eigenvalue weighted by atomic mass is 35.5. The van der Waals surface area contributed by atoms with Crippen molar-refractivity contribution in [3.05, 3.63) is 87.3 Å². The van der Waals surface area contributed by atoms with Crippen LogP contribution in [0.4, 0.5) is 11.5 Å². The van der Waals surface area contributed by atoms with E-state index in [1.165, 1.54) is 10.6 Å². The predicted molar refractivity (Wildman–Crippen MR) is 163 cm³/mol. The number of carbonyl (C=O) groups excluding carboxylic acids is 1. The number of nitrogens with two attached hydrogens (primary N) is 1. The van der Waals surface area contributed by atoms with Gasteiger partial charge in [0.1, 0.15) is 5.82 Å². The van der Waals surface area contributed by atoms with Crippen molar-refractivity contribution < 1.29 is 4.79 Å². The number of rotatable bonds is 5. The number of amides is 1. The van der Waals surface area contributed by atoms with Crippen LogP contribution < -0.4 is 16.3 Å². The molecule has 2 N–H and O–H groups in total. The molecule has 0 unspecified atom stereocenters. The molecule has 0 spiro atoms. The van der Waals surface area contributed by atoms with E-state index in [2.05, 4.69) is 25.4 Å². The molecule has 3 heterocycles. The Morgan fingerprint density at radius 1 is 1.10 bits per heavy atom. The number of hydrogen-bond donors (Lipinski definition) is 1. The van der Waals surface area contributed by atoms with E-state index in [0.29, 0.717) is 69.2 Å². The fourth-order valence-corrected chi connectivity index (χ4v) is 5.70. The summed E-state index contributed by atoms with van der Waals surface area (Å²) in [5.41, 5.74) is 9.16. The maximum atomic E-state index is 13.9. The molecule has 0 bridgehead atoms. The summed E-state index contributed by atoms with van der Waals surface area (Å²) in [5.74, 6) is 0.484. The van der Waals surface area contributed by atoms with Crippen LogP contribution in [0.3, 0.4) is 0 Å². The maximum Gasteiger partial charge on any atom is 0.355 e. The van der Waals surface area contributed by atoms with Gasteiger partial charge in [-0.25, -0.2) is 14.3 Å². The number of para-hydroxylation sites is 1. The van der Waals surface area contributed by atoms with E-state index in [1.54, 1.807) is 29.2 Å². The van der Waals surface area contributed by atoms with Crippen LogP contribution in [-0.2, 0) is 4.79 Å². The first-order valence-corrected chi connectivity index (χ1v) is 13.8. The zero-order chi connectivity index (χ0) is 28.7. The van der Waals surface area contributed by atoms with Crippen LogP contribution >= 0.6 is 23.2 Å². The van der Waals surface area contributed by atoms with E-state index in [0.717, 1.165) is 5.56 Å². The molecule has 1 amide bonds. The van der Waals surface area contributed by atoms with Gasteiger partial charge in [-0.3, -0.25) is 4.79 Å². The Kier molecular flexibility index (Phi) is 7.57. The second kappa shape index (κ2) is 10.9. The van der Waals surface area contributed by atoms with Crippen molar-refractivity contribution in [2.45, 2.75) is 32.7 Å². The Labute approximate surface area is 242 Å². The summed E-state index contributed by atoms with van der Waals surface area (Å²) in [7, 11) is 0. The van der Waals surface area contributed by atoms with Gasteiger partial charge in [0, 0.05) is 36.9 Å². The highest BCUT2D eigenvalue weighted by Gasteiger charge is 2.30. The number of piperazine rings is 1. The standard InChI is InChI=1S/C30H30Cl2N6O2/c1-5-26(39)36-12-13-37(18(4)16-36)28-22-15-24(32)27(21-14-19(33)10-11-23(21)31)34-29(22)38(30(40)35-28)25-9-7-6-8-20(25)17(2)3/h5-11,14-15,17-18H,1,12-13,16,33H2,2-4H3/t18-/m0/s1. The summed E-state index contributed by atoms with van der Waals surface area (Å²) in [5, 5.41) is 1.39. The molecule has 0 aliphatic carbocycles. The Morgan fingerprint density at radius 3 is 2.55 bits per heavy atom. The minimum absolute atomic E-state index is 0.117. The summed E-state index contributed by atoms with van der Waals surface area (Å²) in [6.07, 6.45) is 1.32. The van der Waals surface area contributed by atoms with Crippen molar-refractivity contribution in [2.75, 3.05) is 30.3 Å². The molecule has 40 heavy (non-hydrogen) atoms. The zero-order valence-corrected chi connectivity index (χ0v) is 24.1. The van der Waals surface area contributed by atoms with Crippen molar-refractivity contribution in [3.63, 3.8) is 0 Å². The largest absolute Gasteiger partial charge is 0.399 e. The molecule has 10 heteroatoms. The average Bonchev–Trinajstić information content (AvgIpc) is 2.93. The van der Waals surface area contributed by atoms with Crippen LogP contribution in [0.2, 0.25) is 10.0 Å². The lowest BCUT2D eigenvalue weighted by atomic mass is 10.0. The van der Waals surface area contributed by atoms with Crippen molar-refractivity contribution in [3.8, 4) is 16.9 Å². The quantitative estimate of drug-likeness (QED) is 0.242. The normalized spacial score (nSPS) is 15.6. The number of carbonyl (C=O) groups is 1. The van der Waals surface area contributed by atoms with E-state index < -0.39 is 5.69 Å². The first-order chi connectivity index (χ1) is 19.1. The van der Waals surface area contributed by atoms with Gasteiger partial charge in [0.2, 0.25) is 5.91 Å². The molecule has 1 fully saturated rings. The number of nitrogen functional groups attached to an aromatic ring is 1. The molecule has 8 nitrogen and oxygen atoms in total. The Morgan fingerprint density at radius 2 is 1.85 bits per heavy atom. The van der Waals surface area contributed by atoms with E-state index in [-0.39, 0.29) is 17.9 Å². The van der Waals surface area contributed by atoms with Gasteiger partial charge in [0.05, 0.1) is 26.8 Å². The third-order valence-electron chi connectivity index (χ3n) is 7.23. The van der Waals surface area contributed by atoms with Gasteiger partial charge in [-0.15, -0.1) is 0 Å². The van der Waals surface area contributed by atoms with Crippen molar-refractivity contribution in [1.82, 2.24) is 19.4 Å². The maximum absolute atomic E-state index is 13.9. The molecular formula is C30H30Cl2N6O2. The SMILES string of the molecule is C=CC(=O)N1CCN(c2nc(=O)n(-c3ccccc3C(C)C)c3nc(-c4cc(N)ccc4Cl)c(Cl)cc23)[C@@H](C)C1. The van der Waals surface area contributed by atoms with Crippen molar-refractivity contribution in [2.24, 2.45) is 0 Å². The highest BCUT2D eigenvalue weighted by molar-refractivity contribution is 6.36. The number of anilines is 2. The molecule has 2 aromatic carbocycles. The molecule has 4 aromatic rings. The Balaban J connectivity index is 1.80. The third-order valence-corrected chi connectivity index (χ3v) is 7.85. The molecule has 1 aliphatic heterocycles. The molecular weight excluding hydrogens is 547 g/mol. The number of aromatic nitrogens is 3. The van der Waals surface area contributed by atoms with Crippen LogP contribution in [0, 0.1) is 0 Å². The summed E-state index contributed by atoms with van der Waals surface area (Å²) in [6.45, 7) is 11.1. The molecule has 0 saturated carbocycles. The Bertz CT molecular complexity index is 1700. The van der Waals surface area contributed by atoms with Gasteiger partial charge in [-0.1, -0.05) is 61.8 Å². The number of halogens is 2. The molecule has 0 radical (unpaired) electrons. The minimum atomic E-state index is -0.466. The topological polar surface area (TPSA) is 97.4 Å². The molecule has 1 saturated heterocycles. The van der Waals surface area contributed by atoms with Gasteiger partial charge in [0.25, 0.3) is 0 Å². The van der Waals surface area contributed by atoms with E-state index in [4.69, 9.17) is 33.9 Å². The van der Waals surface area contributed by atoms with Crippen molar-refractivity contribution >= 4 is 51.6 Å². The minimum Gasteiger partial charge on any atom is -0.399 e. The number of hydrogen-bond acceptors (Lipinski definition) is 6. The number of benzene rings is 2. The molecule has 5 rings (SSSR count). The van der Waals surface area contributed by atoms with Crippen LogP contribution in [0.15, 0.2) is 66.0 Å². The zero-order valence-electron chi connectivity index (χ0n) is 22.6. The van der Waals surface area contributed by atoms with Crippen LogP contribution in [-0.4, -0.2) is 51.0 Å². The predicted octanol–water partition coefficient (Wildman–Crippen LogP) is 5.68. The average molecular weight is 578 g/mol. The molecule has 1 aliphatic rings. The lowest BCUT2D eigenvalue weighted by Gasteiger charge is -2.40. The second-order valence-electron chi connectivity index (χ2n) is 10.2. The lowest BCUT2D eigenvalue weighted by molar-refractivity contribution is -0.126. The summed E-state index contributed by atoms with van der Waals surface area (Å²) >= 11 is 13.4. The molecule has 1 atom stereocenters. The van der Waals surface area contributed by atoms with Crippen LogP contribution in [0.1, 0.15) is 32.3 Å². The highest BCUT2D eigenvalue weighted by Crippen LogP contribution is 2.38. The van der Waals surface area contributed by atoms with E-state index in [9.17, 15) is 9.59 Å². The first kappa shape index (κ1) is 27.7. The monoisotopic (exact) mass is 576 g/mol. The van der Waals surface area contributed by atoms with E-state index in [1.807, 2.05) is 36.1 Å². The van der Waals surface area contributed by atoms with Crippen molar-refractivity contribution in [1.29, 1.82) is 0 Å². The second-order valence-corrected chi connectivity index (χ2v) is 11.0. The van der Waals surface area contributed by atoms with E-state index >= 15 is 0 Å². The fourth-order valence-electron chi connectivity index (χ4n) is 5.24. The summed E-state index contributed by atoms with van der Waals surface area (Å²) in [4.78, 5) is 39.4. The van der Waals surface area contributed by atoms with Crippen LogP contribution in [0.5, 0.6) is 0 Å². The lowest BCUT2D eigenvalue weighted by Crippen LogP contribution is -2.54. The smallest absolute Gasteiger partial charge is 0.355 e. The van der Waals surface area contributed by atoms with Gasteiger partial charge in [0.15, 0.2) is 5.65 Å². The summed E-state index contributed by atoms with van der Waals surface area (Å²) in [6, 6.07) is 14.5.